The van der Waals surface area contributed by atoms with Gasteiger partial charge in [0.2, 0.25) is 0 Å². The van der Waals surface area contributed by atoms with Gasteiger partial charge in [-0.25, -0.2) is 4.79 Å². The molecule has 0 fully saturated rings. The number of hydrogen-bond donors (Lipinski definition) is 2. The molecule has 0 heterocycles. The molecule has 0 spiro atoms. The number of unbranched alkanes of at least 4 members (excludes halogenated alkanes) is 2. The number of rotatable bonds is 8. The number of carboxylic acids is 1. The molecule has 0 unspecified atom stereocenters. The van der Waals surface area contributed by atoms with Crippen molar-refractivity contribution in [3.05, 3.63) is 0 Å². The Morgan fingerprint density at radius 3 is 2.56 bits per heavy atom. The number of ether oxygens (including phenoxy) is 1. The average Bonchev–Trinajstić information content (AvgIpc) is 2.30. The van der Waals surface area contributed by atoms with Crippen LogP contribution in [0.4, 0.5) is 0 Å². The smallest absolute Gasteiger partial charge is 0.326 e. The maximum Gasteiger partial charge on any atom is 0.326 e. The molecule has 2 N–H and O–H groups in total. The van der Waals surface area contributed by atoms with Crippen LogP contribution in [0.25, 0.3) is 0 Å². The van der Waals surface area contributed by atoms with Crippen molar-refractivity contribution in [1.29, 1.82) is 5.26 Å². The SMILES string of the molecule is CC(=O)OCC(=O)N[C@H](CCCCC#N)C(=O)O. The van der Waals surface area contributed by atoms with Gasteiger partial charge in [0.05, 0.1) is 6.07 Å². The normalized spacial score (nSPS) is 11.1. The highest BCUT2D eigenvalue weighted by molar-refractivity contribution is 5.85. The van der Waals surface area contributed by atoms with Gasteiger partial charge in [-0.1, -0.05) is 0 Å². The van der Waals surface area contributed by atoms with Gasteiger partial charge in [-0.3, -0.25) is 9.59 Å². The highest BCUT2D eigenvalue weighted by atomic mass is 16.5. The number of nitriles is 1. The summed E-state index contributed by atoms with van der Waals surface area (Å²) in [6.07, 6.45) is 1.70. The van der Waals surface area contributed by atoms with Gasteiger partial charge in [0, 0.05) is 13.3 Å². The third-order valence-electron chi connectivity index (χ3n) is 2.07. The Kier molecular flexibility index (Phi) is 7.94. The van der Waals surface area contributed by atoms with E-state index in [9.17, 15) is 14.4 Å². The third-order valence-corrected chi connectivity index (χ3v) is 2.07. The topological polar surface area (TPSA) is 116 Å². The minimum Gasteiger partial charge on any atom is -0.480 e. The van der Waals surface area contributed by atoms with Gasteiger partial charge in [0.15, 0.2) is 6.61 Å². The molecule has 7 heteroatoms. The summed E-state index contributed by atoms with van der Waals surface area (Å²) in [5.41, 5.74) is 0. The summed E-state index contributed by atoms with van der Waals surface area (Å²) in [7, 11) is 0. The van der Waals surface area contributed by atoms with E-state index in [1.807, 2.05) is 6.07 Å². The van der Waals surface area contributed by atoms with Crippen molar-refractivity contribution < 1.29 is 24.2 Å². The first-order valence-electron chi connectivity index (χ1n) is 5.50. The van der Waals surface area contributed by atoms with Gasteiger partial charge in [0.1, 0.15) is 6.04 Å². The highest BCUT2D eigenvalue weighted by Gasteiger charge is 2.19. The lowest BCUT2D eigenvalue weighted by molar-refractivity contribution is -0.148. The van der Waals surface area contributed by atoms with E-state index in [0.717, 1.165) is 6.92 Å². The molecule has 0 radical (unpaired) electrons. The Bertz CT molecular complexity index is 348. The molecule has 0 aromatic carbocycles. The summed E-state index contributed by atoms with van der Waals surface area (Å²) in [5, 5.41) is 19.4. The first-order chi connectivity index (χ1) is 8.47. The Morgan fingerprint density at radius 2 is 2.06 bits per heavy atom. The highest BCUT2D eigenvalue weighted by Crippen LogP contribution is 2.03. The summed E-state index contributed by atoms with van der Waals surface area (Å²) in [6.45, 7) is 0.668. The van der Waals surface area contributed by atoms with E-state index in [1.54, 1.807) is 0 Å². The maximum absolute atomic E-state index is 11.2. The zero-order valence-corrected chi connectivity index (χ0v) is 10.1. The molecular formula is C11H16N2O5. The first kappa shape index (κ1) is 15.9. The van der Waals surface area contributed by atoms with Gasteiger partial charge >= 0.3 is 11.9 Å². The number of nitrogens with one attached hydrogen (secondary N) is 1. The van der Waals surface area contributed by atoms with E-state index in [4.69, 9.17) is 10.4 Å². The lowest BCUT2D eigenvalue weighted by atomic mass is 10.1. The van der Waals surface area contributed by atoms with Gasteiger partial charge in [-0.15, -0.1) is 0 Å². The van der Waals surface area contributed by atoms with Crippen LogP contribution in [-0.4, -0.2) is 35.6 Å². The van der Waals surface area contributed by atoms with Crippen LogP contribution in [0.15, 0.2) is 0 Å². The van der Waals surface area contributed by atoms with Crippen LogP contribution in [0.2, 0.25) is 0 Å². The largest absolute Gasteiger partial charge is 0.480 e. The first-order valence-corrected chi connectivity index (χ1v) is 5.50. The van der Waals surface area contributed by atoms with Crippen LogP contribution in [0.5, 0.6) is 0 Å². The summed E-state index contributed by atoms with van der Waals surface area (Å²) in [6, 6.07) is 0.930. The van der Waals surface area contributed by atoms with Gasteiger partial charge in [-0.2, -0.15) is 5.26 Å². The second kappa shape index (κ2) is 8.98. The molecule has 7 nitrogen and oxygen atoms in total. The van der Waals surface area contributed by atoms with Crippen LogP contribution < -0.4 is 5.32 Å². The summed E-state index contributed by atoms with van der Waals surface area (Å²) >= 11 is 0. The number of amides is 1. The molecule has 0 rings (SSSR count). The van der Waals surface area contributed by atoms with Crippen LogP contribution >= 0.6 is 0 Å². The lowest BCUT2D eigenvalue weighted by Gasteiger charge is -2.13. The number of carboxylic acid groups (broad SMARTS) is 1. The number of carbonyl (C=O) groups excluding carboxylic acids is 2. The maximum atomic E-state index is 11.2. The van der Waals surface area contributed by atoms with Crippen molar-refractivity contribution in [3.8, 4) is 6.07 Å². The van der Waals surface area contributed by atoms with E-state index < -0.39 is 30.5 Å². The van der Waals surface area contributed by atoms with Gasteiger partial charge in [0.25, 0.3) is 5.91 Å². The number of esters is 1. The van der Waals surface area contributed by atoms with Crippen molar-refractivity contribution in [2.75, 3.05) is 6.61 Å². The predicted octanol–water partition coefficient (Wildman–Crippen LogP) is 0.203. The monoisotopic (exact) mass is 256 g/mol. The third kappa shape index (κ3) is 8.10. The summed E-state index contributed by atoms with van der Waals surface area (Å²) in [5.74, 6) is -2.41. The number of carbonyl (C=O) groups is 3. The molecule has 0 aliphatic heterocycles. The van der Waals surface area contributed by atoms with Gasteiger partial charge < -0.3 is 15.2 Å². The second-order valence-electron chi connectivity index (χ2n) is 3.64. The number of aliphatic carboxylic acids is 1. The minimum absolute atomic E-state index is 0.239. The van der Waals surface area contributed by atoms with E-state index in [1.165, 1.54) is 0 Å². The average molecular weight is 256 g/mol. The standard InChI is InChI=1S/C11H16N2O5/c1-8(14)18-7-10(15)13-9(11(16)17)5-3-2-4-6-12/h9H,2-5,7H2,1H3,(H,13,15)(H,16,17)/t9-/m1/s1. The molecule has 1 amide bonds. The molecule has 1 atom stereocenters. The number of nitrogens with zero attached hydrogens (tertiary/aromatic N) is 1. The second-order valence-corrected chi connectivity index (χ2v) is 3.64. The van der Waals surface area contributed by atoms with Crippen molar-refractivity contribution in [1.82, 2.24) is 5.32 Å². The van der Waals surface area contributed by atoms with Crippen molar-refractivity contribution in [3.63, 3.8) is 0 Å². The van der Waals surface area contributed by atoms with Gasteiger partial charge in [-0.05, 0) is 19.3 Å². The molecule has 0 saturated carbocycles. The Hall–Kier alpha value is -2.10. The molecule has 0 bridgehead atoms. The Balaban J connectivity index is 4.03. The summed E-state index contributed by atoms with van der Waals surface area (Å²) < 4.78 is 4.44. The molecule has 0 aromatic heterocycles. The lowest BCUT2D eigenvalue weighted by Crippen LogP contribution is -2.42. The number of hydrogen-bond acceptors (Lipinski definition) is 5. The molecule has 0 saturated heterocycles. The van der Waals surface area contributed by atoms with Crippen molar-refractivity contribution in [2.24, 2.45) is 0 Å². The fraction of sp³-hybridized carbons (Fsp3) is 0.636. The van der Waals surface area contributed by atoms with E-state index in [0.29, 0.717) is 19.3 Å². The molecule has 0 aliphatic carbocycles. The van der Waals surface area contributed by atoms with Crippen molar-refractivity contribution >= 4 is 17.8 Å². The van der Waals surface area contributed by atoms with E-state index in [2.05, 4.69) is 10.1 Å². The Morgan fingerprint density at radius 1 is 1.39 bits per heavy atom. The zero-order valence-electron chi connectivity index (χ0n) is 10.1. The summed E-state index contributed by atoms with van der Waals surface area (Å²) in [4.78, 5) is 32.6. The van der Waals surface area contributed by atoms with Crippen LogP contribution in [0.3, 0.4) is 0 Å². The quantitative estimate of drug-likeness (QED) is 0.473. The van der Waals surface area contributed by atoms with E-state index in [-0.39, 0.29) is 6.42 Å². The zero-order chi connectivity index (χ0) is 14.0. The van der Waals surface area contributed by atoms with Crippen molar-refractivity contribution in [2.45, 2.75) is 38.6 Å². The fourth-order valence-corrected chi connectivity index (χ4v) is 1.21. The van der Waals surface area contributed by atoms with Crippen LogP contribution in [0.1, 0.15) is 32.6 Å². The predicted molar refractivity (Wildman–Crippen MR) is 60.3 cm³/mol. The minimum atomic E-state index is -1.15. The molecule has 0 aliphatic rings. The molecular weight excluding hydrogens is 240 g/mol. The molecule has 100 valence electrons. The fourth-order valence-electron chi connectivity index (χ4n) is 1.21. The van der Waals surface area contributed by atoms with E-state index >= 15 is 0 Å². The van der Waals surface area contributed by atoms with Crippen LogP contribution in [-0.2, 0) is 19.1 Å². The Labute approximate surface area is 105 Å². The molecule has 0 aromatic rings. The molecule has 18 heavy (non-hydrogen) atoms. The van der Waals surface area contributed by atoms with Crippen LogP contribution in [0, 0.1) is 11.3 Å².